The van der Waals surface area contributed by atoms with Gasteiger partial charge in [0.25, 0.3) is 0 Å². The fourth-order valence-corrected chi connectivity index (χ4v) is 2.96. The highest BCUT2D eigenvalue weighted by molar-refractivity contribution is 5.85. The topological polar surface area (TPSA) is 38.5 Å². The van der Waals surface area contributed by atoms with Crippen molar-refractivity contribution in [3.8, 4) is 0 Å². The van der Waals surface area contributed by atoms with Gasteiger partial charge in [-0.15, -0.1) is 12.4 Å². The Bertz CT molecular complexity index is 229. The van der Waals surface area contributed by atoms with Gasteiger partial charge in [-0.3, -0.25) is 0 Å². The van der Waals surface area contributed by atoms with Crippen molar-refractivity contribution in [1.82, 2.24) is 4.90 Å². The summed E-state index contributed by atoms with van der Waals surface area (Å²) in [6.07, 6.45) is 3.71. The van der Waals surface area contributed by atoms with Crippen LogP contribution in [0.1, 0.15) is 33.1 Å². The summed E-state index contributed by atoms with van der Waals surface area (Å²) in [6.45, 7) is 10.0. The smallest absolute Gasteiger partial charge is 0.0506 e. The second-order valence-electron chi connectivity index (χ2n) is 6.20. The number of halogens is 1. The van der Waals surface area contributed by atoms with Gasteiger partial charge in [0.1, 0.15) is 0 Å². The minimum Gasteiger partial charge on any atom is -0.381 e. The fourth-order valence-electron chi connectivity index (χ4n) is 2.96. The van der Waals surface area contributed by atoms with Crippen molar-refractivity contribution in [3.05, 3.63) is 0 Å². The lowest BCUT2D eigenvalue weighted by molar-refractivity contribution is 0.0188. The molecule has 0 aromatic heterocycles. The maximum Gasteiger partial charge on any atom is 0.0506 e. The van der Waals surface area contributed by atoms with Crippen LogP contribution in [0.15, 0.2) is 0 Å². The van der Waals surface area contributed by atoms with Crippen molar-refractivity contribution in [1.29, 1.82) is 0 Å². The molecule has 2 fully saturated rings. The Balaban J connectivity index is 0.00000144. The molecule has 102 valence electrons. The SMILES string of the molecule is CC1(C)CN(CC2CCCOC2)CCC1N.Cl. The van der Waals surface area contributed by atoms with Gasteiger partial charge in [-0.05, 0) is 37.1 Å². The average Bonchev–Trinajstić information content (AvgIpc) is 2.25. The number of nitrogens with two attached hydrogens (primary N) is 1. The summed E-state index contributed by atoms with van der Waals surface area (Å²) < 4.78 is 5.55. The molecule has 0 aromatic rings. The lowest BCUT2D eigenvalue weighted by atomic mass is 9.79. The summed E-state index contributed by atoms with van der Waals surface area (Å²) in [5.74, 6) is 0.749. The van der Waals surface area contributed by atoms with Gasteiger partial charge < -0.3 is 15.4 Å². The summed E-state index contributed by atoms with van der Waals surface area (Å²) in [7, 11) is 0. The molecule has 0 radical (unpaired) electrons. The number of likely N-dealkylation sites (tertiary alicyclic amines) is 1. The molecule has 2 rings (SSSR count). The van der Waals surface area contributed by atoms with Crippen LogP contribution in [0.5, 0.6) is 0 Å². The number of nitrogens with zero attached hydrogens (tertiary/aromatic N) is 1. The molecule has 0 bridgehead atoms. The van der Waals surface area contributed by atoms with Crippen LogP contribution in [0.25, 0.3) is 0 Å². The van der Waals surface area contributed by atoms with Crippen molar-refractivity contribution in [2.24, 2.45) is 17.1 Å². The standard InChI is InChI=1S/C13H26N2O.ClH/c1-13(2)10-15(6-5-12(13)14)8-11-4-3-7-16-9-11;/h11-12H,3-10,14H2,1-2H3;1H. The van der Waals surface area contributed by atoms with E-state index in [1.807, 2.05) is 0 Å². The summed E-state index contributed by atoms with van der Waals surface area (Å²) in [4.78, 5) is 2.59. The van der Waals surface area contributed by atoms with Crippen molar-refractivity contribution in [3.63, 3.8) is 0 Å². The zero-order valence-electron chi connectivity index (χ0n) is 11.2. The van der Waals surface area contributed by atoms with Crippen LogP contribution in [0.3, 0.4) is 0 Å². The molecule has 2 saturated heterocycles. The van der Waals surface area contributed by atoms with E-state index in [1.165, 1.54) is 25.9 Å². The molecule has 0 amide bonds. The Morgan fingerprint density at radius 2 is 2.12 bits per heavy atom. The lowest BCUT2D eigenvalue weighted by Crippen LogP contribution is -2.53. The predicted octanol–water partition coefficient (Wildman–Crippen LogP) is 1.89. The first-order valence-electron chi connectivity index (χ1n) is 6.63. The number of hydrogen-bond acceptors (Lipinski definition) is 3. The molecule has 4 heteroatoms. The van der Waals surface area contributed by atoms with Crippen LogP contribution < -0.4 is 5.73 Å². The van der Waals surface area contributed by atoms with Gasteiger partial charge >= 0.3 is 0 Å². The van der Waals surface area contributed by atoms with E-state index < -0.39 is 0 Å². The maximum atomic E-state index is 6.16. The Morgan fingerprint density at radius 3 is 2.71 bits per heavy atom. The van der Waals surface area contributed by atoms with E-state index >= 15 is 0 Å². The second-order valence-corrected chi connectivity index (χ2v) is 6.20. The zero-order valence-corrected chi connectivity index (χ0v) is 12.0. The summed E-state index contributed by atoms with van der Waals surface area (Å²) in [6, 6.07) is 0.367. The minimum absolute atomic E-state index is 0. The lowest BCUT2D eigenvalue weighted by Gasteiger charge is -2.44. The van der Waals surface area contributed by atoms with E-state index in [0.717, 1.165) is 32.1 Å². The van der Waals surface area contributed by atoms with Crippen LogP contribution in [0, 0.1) is 11.3 Å². The number of hydrogen-bond donors (Lipinski definition) is 1. The summed E-state index contributed by atoms with van der Waals surface area (Å²) in [5, 5.41) is 0. The van der Waals surface area contributed by atoms with E-state index in [0.29, 0.717) is 6.04 Å². The molecule has 2 aliphatic heterocycles. The molecule has 2 N–H and O–H groups in total. The minimum atomic E-state index is 0. The van der Waals surface area contributed by atoms with E-state index in [9.17, 15) is 0 Å². The molecular weight excluding hydrogens is 236 g/mol. The van der Waals surface area contributed by atoms with Crippen LogP contribution in [0.2, 0.25) is 0 Å². The van der Waals surface area contributed by atoms with Crippen molar-refractivity contribution >= 4 is 12.4 Å². The molecule has 0 saturated carbocycles. The summed E-state index contributed by atoms with van der Waals surface area (Å²) >= 11 is 0. The third-order valence-corrected chi connectivity index (χ3v) is 4.16. The van der Waals surface area contributed by atoms with Gasteiger partial charge in [-0.2, -0.15) is 0 Å². The molecular formula is C13H27ClN2O. The monoisotopic (exact) mass is 262 g/mol. The first-order valence-corrected chi connectivity index (χ1v) is 6.63. The fraction of sp³-hybridized carbons (Fsp3) is 1.00. The van der Waals surface area contributed by atoms with E-state index in [-0.39, 0.29) is 17.8 Å². The van der Waals surface area contributed by atoms with Gasteiger partial charge in [0.2, 0.25) is 0 Å². The predicted molar refractivity (Wildman–Crippen MR) is 73.6 cm³/mol. The van der Waals surface area contributed by atoms with Crippen LogP contribution in [0.4, 0.5) is 0 Å². The number of ether oxygens (including phenoxy) is 1. The molecule has 0 aromatic carbocycles. The quantitative estimate of drug-likeness (QED) is 0.826. The normalized spacial score (nSPS) is 34.1. The number of piperidine rings is 1. The Morgan fingerprint density at radius 1 is 1.35 bits per heavy atom. The molecule has 0 spiro atoms. The first-order chi connectivity index (χ1) is 7.58. The van der Waals surface area contributed by atoms with Crippen LogP contribution >= 0.6 is 12.4 Å². The van der Waals surface area contributed by atoms with E-state index in [4.69, 9.17) is 10.5 Å². The molecule has 3 nitrogen and oxygen atoms in total. The van der Waals surface area contributed by atoms with E-state index in [1.54, 1.807) is 0 Å². The molecule has 0 aliphatic carbocycles. The highest BCUT2D eigenvalue weighted by atomic mass is 35.5. The molecule has 2 unspecified atom stereocenters. The average molecular weight is 263 g/mol. The van der Waals surface area contributed by atoms with E-state index in [2.05, 4.69) is 18.7 Å². The van der Waals surface area contributed by atoms with Crippen molar-refractivity contribution in [2.45, 2.75) is 39.2 Å². The van der Waals surface area contributed by atoms with Gasteiger partial charge in [0, 0.05) is 25.7 Å². The maximum absolute atomic E-state index is 6.16. The largest absolute Gasteiger partial charge is 0.381 e. The molecule has 2 atom stereocenters. The molecule has 2 aliphatic rings. The third-order valence-electron chi connectivity index (χ3n) is 4.16. The Kier molecular flexibility index (Phi) is 5.71. The molecule has 2 heterocycles. The molecule has 17 heavy (non-hydrogen) atoms. The highest BCUT2D eigenvalue weighted by Gasteiger charge is 2.34. The van der Waals surface area contributed by atoms with Crippen molar-refractivity contribution < 1.29 is 4.74 Å². The van der Waals surface area contributed by atoms with Crippen LogP contribution in [-0.2, 0) is 4.74 Å². The van der Waals surface area contributed by atoms with Crippen molar-refractivity contribution in [2.75, 3.05) is 32.8 Å². The Labute approximate surface area is 111 Å². The second kappa shape index (κ2) is 6.37. The summed E-state index contributed by atoms with van der Waals surface area (Å²) in [5.41, 5.74) is 6.43. The highest BCUT2D eigenvalue weighted by Crippen LogP contribution is 2.28. The number of rotatable bonds is 2. The van der Waals surface area contributed by atoms with Gasteiger partial charge in [-0.1, -0.05) is 13.8 Å². The van der Waals surface area contributed by atoms with Gasteiger partial charge in [0.15, 0.2) is 0 Å². The van der Waals surface area contributed by atoms with Gasteiger partial charge in [0.05, 0.1) is 6.61 Å². The first kappa shape index (κ1) is 15.2. The third kappa shape index (κ3) is 4.09. The zero-order chi connectivity index (χ0) is 11.6. The Hall–Kier alpha value is 0.170. The van der Waals surface area contributed by atoms with Gasteiger partial charge in [-0.25, -0.2) is 0 Å². The van der Waals surface area contributed by atoms with Crippen LogP contribution in [-0.4, -0.2) is 43.8 Å².